The number of para-hydroxylation sites is 1. The van der Waals surface area contributed by atoms with Crippen molar-refractivity contribution in [2.75, 3.05) is 11.9 Å². The first-order valence-electron chi connectivity index (χ1n) is 10.7. The average molecular weight is 477 g/mol. The monoisotopic (exact) mass is 476 g/mol. The van der Waals surface area contributed by atoms with Gasteiger partial charge >= 0.3 is 5.97 Å². The number of fused-ring (bicyclic) bond motifs is 1. The molecule has 1 heterocycles. The lowest BCUT2D eigenvalue weighted by Gasteiger charge is -2.14. The number of nitrogens with zero attached hydrogens (tertiary/aromatic N) is 1. The molecule has 1 aliphatic heterocycles. The van der Waals surface area contributed by atoms with E-state index in [9.17, 15) is 19.2 Å². The Balaban J connectivity index is 1.42. The molecule has 0 saturated heterocycles. The number of nitrogens with one attached hydrogen (secondary N) is 1. The molecule has 0 aliphatic carbocycles. The van der Waals surface area contributed by atoms with Crippen LogP contribution in [0, 0.1) is 0 Å². The Bertz CT molecular complexity index is 1300. The lowest BCUT2D eigenvalue weighted by atomic mass is 10.1. The predicted molar refractivity (Wildman–Crippen MR) is 127 cm³/mol. The largest absolute Gasteiger partial charge is 0.452 e. The molecule has 4 rings (SSSR count). The molecule has 0 fully saturated rings. The van der Waals surface area contributed by atoms with Crippen LogP contribution in [0.4, 0.5) is 5.69 Å². The van der Waals surface area contributed by atoms with Crippen molar-refractivity contribution in [2.45, 2.75) is 19.9 Å². The summed E-state index contributed by atoms with van der Waals surface area (Å²) in [6.45, 7) is 1.51. The first-order valence-corrected chi connectivity index (χ1v) is 11.1. The number of hydrogen-bond donors (Lipinski definition) is 1. The van der Waals surface area contributed by atoms with Gasteiger partial charge in [-0.1, -0.05) is 54.9 Å². The van der Waals surface area contributed by atoms with Gasteiger partial charge in [0.05, 0.1) is 23.2 Å². The number of imide groups is 1. The van der Waals surface area contributed by atoms with Crippen LogP contribution in [0.25, 0.3) is 0 Å². The molecular formula is C26H21ClN2O5. The highest BCUT2D eigenvalue weighted by Gasteiger charge is 2.36. The highest BCUT2D eigenvalue weighted by molar-refractivity contribution is 6.31. The molecule has 172 valence electrons. The van der Waals surface area contributed by atoms with Gasteiger partial charge in [-0.25, -0.2) is 4.79 Å². The molecule has 3 amide bonds. The summed E-state index contributed by atoms with van der Waals surface area (Å²) in [6.07, 6.45) is 0.742. The van der Waals surface area contributed by atoms with E-state index >= 15 is 0 Å². The lowest BCUT2D eigenvalue weighted by molar-refractivity contribution is -0.119. The van der Waals surface area contributed by atoms with Crippen LogP contribution in [0.15, 0.2) is 66.7 Å². The van der Waals surface area contributed by atoms with Crippen molar-refractivity contribution in [3.8, 4) is 0 Å². The van der Waals surface area contributed by atoms with E-state index in [0.29, 0.717) is 16.3 Å². The SMILES string of the molecule is CCc1ccccc1NC(=O)COC(=O)c1ccc2c(c1)C(=O)N(Cc1ccccc1Cl)C2=O. The Morgan fingerprint density at radius 3 is 2.32 bits per heavy atom. The minimum Gasteiger partial charge on any atom is -0.452 e. The molecule has 0 saturated carbocycles. The van der Waals surface area contributed by atoms with Crippen molar-refractivity contribution in [1.29, 1.82) is 0 Å². The van der Waals surface area contributed by atoms with Gasteiger partial charge in [0, 0.05) is 10.7 Å². The van der Waals surface area contributed by atoms with Crippen molar-refractivity contribution < 1.29 is 23.9 Å². The fraction of sp³-hybridized carbons (Fsp3) is 0.154. The van der Waals surface area contributed by atoms with Crippen LogP contribution >= 0.6 is 11.6 Å². The summed E-state index contributed by atoms with van der Waals surface area (Å²) in [6, 6.07) is 18.4. The summed E-state index contributed by atoms with van der Waals surface area (Å²) >= 11 is 6.16. The van der Waals surface area contributed by atoms with Gasteiger partial charge in [-0.05, 0) is 47.9 Å². The summed E-state index contributed by atoms with van der Waals surface area (Å²) < 4.78 is 5.12. The summed E-state index contributed by atoms with van der Waals surface area (Å²) in [5.74, 6) is -2.24. The van der Waals surface area contributed by atoms with E-state index < -0.39 is 30.3 Å². The van der Waals surface area contributed by atoms with Gasteiger partial charge in [-0.15, -0.1) is 0 Å². The topological polar surface area (TPSA) is 92.8 Å². The van der Waals surface area contributed by atoms with E-state index in [-0.39, 0.29) is 23.2 Å². The second-order valence-corrected chi connectivity index (χ2v) is 8.09. The van der Waals surface area contributed by atoms with Crippen molar-refractivity contribution >= 4 is 41.0 Å². The third-order valence-electron chi connectivity index (χ3n) is 5.50. The average Bonchev–Trinajstić information content (AvgIpc) is 3.08. The first-order chi connectivity index (χ1) is 16.4. The van der Waals surface area contributed by atoms with Crippen molar-refractivity contribution in [3.05, 3.63) is 99.6 Å². The normalized spacial score (nSPS) is 12.5. The van der Waals surface area contributed by atoms with Gasteiger partial charge in [-0.3, -0.25) is 19.3 Å². The van der Waals surface area contributed by atoms with Gasteiger partial charge in [0.15, 0.2) is 6.61 Å². The Hall–Kier alpha value is -3.97. The molecular weight excluding hydrogens is 456 g/mol. The Morgan fingerprint density at radius 1 is 0.912 bits per heavy atom. The van der Waals surface area contributed by atoms with E-state index in [1.165, 1.54) is 18.2 Å². The quantitative estimate of drug-likeness (QED) is 0.400. The standard InChI is InChI=1S/C26H21ClN2O5/c1-2-16-7-4-6-10-22(16)28-23(30)15-34-26(33)17-11-12-19-20(13-17)25(32)29(24(19)31)14-18-8-3-5-9-21(18)27/h3-13H,2,14-15H2,1H3,(H,28,30). The van der Waals surface area contributed by atoms with Crippen molar-refractivity contribution in [3.63, 3.8) is 0 Å². The molecule has 1 N–H and O–H groups in total. The zero-order valence-electron chi connectivity index (χ0n) is 18.3. The first kappa shape index (κ1) is 23.2. The second kappa shape index (κ2) is 9.89. The van der Waals surface area contributed by atoms with Crippen LogP contribution < -0.4 is 5.32 Å². The molecule has 0 aromatic heterocycles. The third kappa shape index (κ3) is 4.70. The number of esters is 1. The minimum atomic E-state index is -0.772. The van der Waals surface area contributed by atoms with Crippen LogP contribution in [-0.2, 0) is 22.5 Å². The smallest absolute Gasteiger partial charge is 0.338 e. The zero-order valence-corrected chi connectivity index (χ0v) is 19.1. The van der Waals surface area contributed by atoms with E-state index in [1.807, 2.05) is 19.1 Å². The highest BCUT2D eigenvalue weighted by atomic mass is 35.5. The second-order valence-electron chi connectivity index (χ2n) is 7.68. The highest BCUT2D eigenvalue weighted by Crippen LogP contribution is 2.27. The number of ether oxygens (including phenoxy) is 1. The number of benzene rings is 3. The number of halogens is 1. The number of aryl methyl sites for hydroxylation is 1. The summed E-state index contributed by atoms with van der Waals surface area (Å²) in [7, 11) is 0. The molecule has 34 heavy (non-hydrogen) atoms. The number of carbonyl (C=O) groups is 4. The van der Waals surface area contributed by atoms with Gasteiger partial charge in [0.1, 0.15) is 0 Å². The van der Waals surface area contributed by atoms with Gasteiger partial charge in [-0.2, -0.15) is 0 Å². The van der Waals surface area contributed by atoms with Gasteiger partial charge in [0.2, 0.25) is 0 Å². The molecule has 3 aromatic carbocycles. The number of anilines is 1. The van der Waals surface area contributed by atoms with Crippen LogP contribution in [0.2, 0.25) is 5.02 Å². The minimum absolute atomic E-state index is 0.0191. The number of hydrogen-bond acceptors (Lipinski definition) is 5. The van der Waals surface area contributed by atoms with E-state index in [0.717, 1.165) is 16.9 Å². The summed E-state index contributed by atoms with van der Waals surface area (Å²) in [5.41, 5.74) is 2.63. The van der Waals surface area contributed by atoms with Crippen LogP contribution in [0.3, 0.4) is 0 Å². The molecule has 0 bridgehead atoms. The maximum absolute atomic E-state index is 12.9. The van der Waals surface area contributed by atoms with E-state index in [4.69, 9.17) is 16.3 Å². The Morgan fingerprint density at radius 2 is 1.59 bits per heavy atom. The Kier molecular flexibility index (Phi) is 6.75. The Labute approximate surface area is 201 Å². The summed E-state index contributed by atoms with van der Waals surface area (Å²) in [4.78, 5) is 51.4. The van der Waals surface area contributed by atoms with E-state index in [1.54, 1.807) is 36.4 Å². The summed E-state index contributed by atoms with van der Waals surface area (Å²) in [5, 5.41) is 3.17. The molecule has 0 unspecified atom stereocenters. The fourth-order valence-electron chi connectivity index (χ4n) is 3.71. The molecule has 1 aliphatic rings. The van der Waals surface area contributed by atoms with Crippen molar-refractivity contribution in [1.82, 2.24) is 4.90 Å². The van der Waals surface area contributed by atoms with Crippen molar-refractivity contribution in [2.24, 2.45) is 0 Å². The molecule has 8 heteroatoms. The van der Waals surface area contributed by atoms with Gasteiger partial charge < -0.3 is 10.1 Å². The number of carbonyl (C=O) groups excluding carboxylic acids is 4. The number of amides is 3. The molecule has 7 nitrogen and oxygen atoms in total. The predicted octanol–water partition coefficient (Wildman–Crippen LogP) is 4.49. The van der Waals surface area contributed by atoms with Crippen LogP contribution in [-0.4, -0.2) is 35.2 Å². The zero-order chi connectivity index (χ0) is 24.2. The molecule has 0 radical (unpaired) electrons. The maximum atomic E-state index is 12.9. The van der Waals surface area contributed by atoms with Gasteiger partial charge in [0.25, 0.3) is 17.7 Å². The molecule has 0 spiro atoms. The number of rotatable bonds is 7. The fourth-order valence-corrected chi connectivity index (χ4v) is 3.91. The van der Waals surface area contributed by atoms with Crippen LogP contribution in [0.1, 0.15) is 49.1 Å². The van der Waals surface area contributed by atoms with Crippen LogP contribution in [0.5, 0.6) is 0 Å². The lowest BCUT2D eigenvalue weighted by Crippen LogP contribution is -2.29. The third-order valence-corrected chi connectivity index (χ3v) is 5.87. The maximum Gasteiger partial charge on any atom is 0.338 e. The molecule has 0 atom stereocenters. The van der Waals surface area contributed by atoms with E-state index in [2.05, 4.69) is 5.32 Å². The molecule has 3 aromatic rings.